The van der Waals surface area contributed by atoms with Gasteiger partial charge in [-0.05, 0) is 6.07 Å². The van der Waals surface area contributed by atoms with E-state index < -0.39 is 0 Å². The molecule has 14 heavy (non-hydrogen) atoms. The predicted octanol–water partition coefficient (Wildman–Crippen LogP) is 2.88. The average Bonchev–Trinajstić information content (AvgIpc) is 2.18. The normalized spacial score (nSPS) is 20.6. The molecule has 0 spiro atoms. The number of carbonyl (C=O) groups excluding carboxylic acids is 1. The highest BCUT2D eigenvalue weighted by molar-refractivity contribution is 6.31. The molecule has 1 atom stereocenters. The molecule has 0 N–H and O–H groups in total. The van der Waals surface area contributed by atoms with Crippen LogP contribution in [0.15, 0.2) is 36.6 Å². The monoisotopic (exact) mass is 208 g/mol. The van der Waals surface area contributed by atoms with Crippen molar-refractivity contribution in [2.45, 2.75) is 12.5 Å². The summed E-state index contributed by atoms with van der Waals surface area (Å²) in [6, 6.07) is 7.40. The Balaban J connectivity index is 2.28. The largest absolute Gasteiger partial charge is 0.493 e. The quantitative estimate of drug-likeness (QED) is 0.710. The van der Waals surface area contributed by atoms with E-state index in [9.17, 15) is 4.79 Å². The molecule has 0 saturated carbocycles. The van der Waals surface area contributed by atoms with Gasteiger partial charge in [0.2, 0.25) is 0 Å². The first-order valence-electron chi connectivity index (χ1n) is 4.36. The molecule has 0 unspecified atom stereocenters. The summed E-state index contributed by atoms with van der Waals surface area (Å²) in [6.07, 6.45) is 2.99. The summed E-state index contributed by atoms with van der Waals surface area (Å²) in [4.78, 5) is 11.1. The summed E-state index contributed by atoms with van der Waals surface area (Å²) in [5, 5.41) is 0.639. The Morgan fingerprint density at radius 3 is 2.86 bits per heavy atom. The van der Waals surface area contributed by atoms with E-state index >= 15 is 0 Å². The lowest BCUT2D eigenvalue weighted by Crippen LogP contribution is -2.11. The highest BCUT2D eigenvalue weighted by atomic mass is 35.5. The molecule has 0 aromatic heterocycles. The number of halogens is 1. The lowest BCUT2D eigenvalue weighted by atomic mass is 10.0. The van der Waals surface area contributed by atoms with Gasteiger partial charge in [-0.25, -0.2) is 0 Å². The van der Waals surface area contributed by atoms with Crippen molar-refractivity contribution in [3.63, 3.8) is 0 Å². The number of hydrogen-bond donors (Lipinski definition) is 0. The Bertz CT molecular complexity index is 385. The van der Waals surface area contributed by atoms with Crippen LogP contribution in [-0.4, -0.2) is 5.78 Å². The fourth-order valence-electron chi connectivity index (χ4n) is 1.43. The summed E-state index contributed by atoms with van der Waals surface area (Å²) in [5.74, 6) is 0.0705. The summed E-state index contributed by atoms with van der Waals surface area (Å²) in [5.41, 5.74) is 0.867. The second kappa shape index (κ2) is 3.84. The molecule has 1 aliphatic rings. The predicted molar refractivity (Wildman–Crippen MR) is 54.0 cm³/mol. The molecule has 0 radical (unpaired) electrons. The van der Waals surface area contributed by atoms with Crippen LogP contribution in [0.1, 0.15) is 18.1 Å². The molecule has 2 rings (SSSR count). The molecule has 72 valence electrons. The van der Waals surface area contributed by atoms with E-state index in [1.807, 2.05) is 18.2 Å². The van der Waals surface area contributed by atoms with E-state index in [1.165, 1.54) is 12.3 Å². The Labute approximate surface area is 87.1 Å². The van der Waals surface area contributed by atoms with Crippen LogP contribution in [0, 0.1) is 0 Å². The molecular weight excluding hydrogens is 200 g/mol. The van der Waals surface area contributed by atoms with Gasteiger partial charge in [0.05, 0.1) is 12.7 Å². The lowest BCUT2D eigenvalue weighted by molar-refractivity contribution is -0.118. The van der Waals surface area contributed by atoms with E-state index in [1.54, 1.807) is 6.07 Å². The zero-order valence-electron chi connectivity index (χ0n) is 7.44. The van der Waals surface area contributed by atoms with Gasteiger partial charge in [0.15, 0.2) is 5.78 Å². The van der Waals surface area contributed by atoms with Gasteiger partial charge < -0.3 is 4.74 Å². The van der Waals surface area contributed by atoms with Crippen molar-refractivity contribution in [2.24, 2.45) is 0 Å². The highest BCUT2D eigenvalue weighted by Crippen LogP contribution is 2.30. The SMILES string of the molecule is O=C1C=CO[C@H](c2ccccc2Cl)C1. The van der Waals surface area contributed by atoms with Crippen molar-refractivity contribution in [2.75, 3.05) is 0 Å². The summed E-state index contributed by atoms with van der Waals surface area (Å²) in [7, 11) is 0. The molecule has 0 bridgehead atoms. The van der Waals surface area contributed by atoms with Gasteiger partial charge in [-0.3, -0.25) is 4.79 Å². The summed E-state index contributed by atoms with van der Waals surface area (Å²) < 4.78 is 5.33. The van der Waals surface area contributed by atoms with E-state index in [4.69, 9.17) is 16.3 Å². The Morgan fingerprint density at radius 2 is 2.14 bits per heavy atom. The Kier molecular flexibility index (Phi) is 2.55. The molecule has 2 nitrogen and oxygen atoms in total. The van der Waals surface area contributed by atoms with Crippen molar-refractivity contribution in [1.82, 2.24) is 0 Å². The fraction of sp³-hybridized carbons (Fsp3) is 0.182. The van der Waals surface area contributed by atoms with Crippen LogP contribution in [0.4, 0.5) is 0 Å². The molecule has 0 fully saturated rings. The first-order chi connectivity index (χ1) is 6.77. The van der Waals surface area contributed by atoms with Gasteiger partial charge in [0, 0.05) is 16.7 Å². The molecule has 1 aromatic rings. The van der Waals surface area contributed by atoms with Crippen LogP contribution >= 0.6 is 11.6 Å². The third-order valence-corrected chi connectivity index (χ3v) is 2.48. The molecular formula is C11H9ClO2. The Morgan fingerprint density at radius 1 is 1.36 bits per heavy atom. The van der Waals surface area contributed by atoms with Crippen molar-refractivity contribution in [3.8, 4) is 0 Å². The van der Waals surface area contributed by atoms with Crippen LogP contribution < -0.4 is 0 Å². The molecule has 1 aromatic carbocycles. The van der Waals surface area contributed by atoms with E-state index in [0.717, 1.165) is 5.56 Å². The van der Waals surface area contributed by atoms with Crippen LogP contribution in [0.5, 0.6) is 0 Å². The number of allylic oxidation sites excluding steroid dienone is 1. The van der Waals surface area contributed by atoms with Gasteiger partial charge in [-0.2, -0.15) is 0 Å². The topological polar surface area (TPSA) is 26.3 Å². The molecule has 1 aliphatic heterocycles. The maximum absolute atomic E-state index is 11.1. The zero-order chi connectivity index (χ0) is 9.97. The van der Waals surface area contributed by atoms with E-state index in [0.29, 0.717) is 11.4 Å². The summed E-state index contributed by atoms with van der Waals surface area (Å²) in [6.45, 7) is 0. The summed E-state index contributed by atoms with van der Waals surface area (Å²) >= 11 is 5.99. The minimum absolute atomic E-state index is 0.0705. The fourth-order valence-corrected chi connectivity index (χ4v) is 1.69. The third kappa shape index (κ3) is 1.80. The number of rotatable bonds is 1. The van der Waals surface area contributed by atoms with Gasteiger partial charge in [0.1, 0.15) is 6.10 Å². The molecule has 0 saturated heterocycles. The van der Waals surface area contributed by atoms with Crippen molar-refractivity contribution in [3.05, 3.63) is 47.2 Å². The van der Waals surface area contributed by atoms with Gasteiger partial charge in [0.25, 0.3) is 0 Å². The molecule has 1 heterocycles. The van der Waals surface area contributed by atoms with E-state index in [-0.39, 0.29) is 11.9 Å². The number of carbonyl (C=O) groups is 1. The number of benzene rings is 1. The van der Waals surface area contributed by atoms with Gasteiger partial charge >= 0.3 is 0 Å². The smallest absolute Gasteiger partial charge is 0.162 e. The second-order valence-corrected chi connectivity index (χ2v) is 3.53. The highest BCUT2D eigenvalue weighted by Gasteiger charge is 2.20. The zero-order valence-corrected chi connectivity index (χ0v) is 8.20. The average molecular weight is 209 g/mol. The van der Waals surface area contributed by atoms with Crippen molar-refractivity contribution >= 4 is 17.4 Å². The van der Waals surface area contributed by atoms with Crippen LogP contribution in [0.3, 0.4) is 0 Å². The van der Waals surface area contributed by atoms with Crippen molar-refractivity contribution in [1.29, 1.82) is 0 Å². The standard InChI is InChI=1S/C11H9ClO2/c12-10-4-2-1-3-9(10)11-7-8(13)5-6-14-11/h1-6,11H,7H2/t11-/m0/s1. The van der Waals surface area contributed by atoms with Crippen LogP contribution in [0.25, 0.3) is 0 Å². The maximum atomic E-state index is 11.1. The second-order valence-electron chi connectivity index (χ2n) is 3.12. The number of hydrogen-bond acceptors (Lipinski definition) is 2. The maximum Gasteiger partial charge on any atom is 0.162 e. The minimum Gasteiger partial charge on any atom is -0.493 e. The van der Waals surface area contributed by atoms with Crippen molar-refractivity contribution < 1.29 is 9.53 Å². The van der Waals surface area contributed by atoms with Crippen LogP contribution in [-0.2, 0) is 9.53 Å². The first kappa shape index (κ1) is 9.28. The van der Waals surface area contributed by atoms with Crippen LogP contribution in [0.2, 0.25) is 5.02 Å². The molecule has 3 heteroatoms. The number of ketones is 1. The van der Waals surface area contributed by atoms with E-state index in [2.05, 4.69) is 0 Å². The number of ether oxygens (including phenoxy) is 1. The lowest BCUT2D eigenvalue weighted by Gasteiger charge is -2.19. The third-order valence-electron chi connectivity index (χ3n) is 2.14. The minimum atomic E-state index is -0.235. The van der Waals surface area contributed by atoms with Gasteiger partial charge in [-0.15, -0.1) is 0 Å². The molecule has 0 aliphatic carbocycles. The Hall–Kier alpha value is -1.28. The molecule has 0 amide bonds. The first-order valence-corrected chi connectivity index (χ1v) is 4.74. The van der Waals surface area contributed by atoms with Gasteiger partial charge in [-0.1, -0.05) is 29.8 Å².